The molecule has 0 spiro atoms. The molecule has 0 fully saturated rings. The quantitative estimate of drug-likeness (QED) is 0.859. The molecule has 1 aromatic carbocycles. The van der Waals surface area contributed by atoms with Crippen molar-refractivity contribution in [3.05, 3.63) is 41.7 Å². The van der Waals surface area contributed by atoms with Gasteiger partial charge in [-0.05, 0) is 17.7 Å². The van der Waals surface area contributed by atoms with Crippen LogP contribution in [0.4, 0.5) is 0 Å². The van der Waals surface area contributed by atoms with Crippen molar-refractivity contribution >= 4 is 0 Å². The number of aromatic nitrogens is 2. The first-order chi connectivity index (χ1) is 8.35. The molecule has 1 aromatic heterocycles. The number of ether oxygens (including phenoxy) is 2. The summed E-state index contributed by atoms with van der Waals surface area (Å²) in [5.41, 5.74) is 7.70. The first-order valence-corrected chi connectivity index (χ1v) is 5.45. The van der Waals surface area contributed by atoms with Crippen molar-refractivity contribution in [1.82, 2.24) is 9.78 Å². The van der Waals surface area contributed by atoms with E-state index < -0.39 is 0 Å². The second-order valence-electron chi connectivity index (χ2n) is 3.94. The predicted molar refractivity (Wildman–Crippen MR) is 61.8 cm³/mol. The maximum absolute atomic E-state index is 5.54. The Kier molecular flexibility index (Phi) is 2.45. The Morgan fingerprint density at radius 2 is 2.12 bits per heavy atom. The summed E-state index contributed by atoms with van der Waals surface area (Å²) in [6.45, 7) is 1.52. The first kappa shape index (κ1) is 10.2. The highest BCUT2D eigenvalue weighted by molar-refractivity contribution is 5.44. The molecule has 0 unspecified atom stereocenters. The lowest BCUT2D eigenvalue weighted by atomic mass is 10.2. The van der Waals surface area contributed by atoms with Crippen LogP contribution in [-0.2, 0) is 13.1 Å². The van der Waals surface area contributed by atoms with Crippen LogP contribution in [0.5, 0.6) is 11.5 Å². The van der Waals surface area contributed by atoms with E-state index in [9.17, 15) is 0 Å². The molecule has 2 aromatic rings. The second-order valence-corrected chi connectivity index (χ2v) is 3.94. The number of nitrogens with two attached hydrogens (primary N) is 1. The Hall–Kier alpha value is -2.01. The van der Waals surface area contributed by atoms with Crippen molar-refractivity contribution < 1.29 is 9.47 Å². The van der Waals surface area contributed by atoms with Crippen molar-refractivity contribution in [2.45, 2.75) is 13.1 Å². The molecule has 0 aliphatic carbocycles. The van der Waals surface area contributed by atoms with E-state index in [-0.39, 0.29) is 0 Å². The standard InChI is InChI=1S/C12H13N3O2/c13-4-10-5-14-15(7-10)6-9-1-2-11-12(3-9)17-8-16-11/h1-3,5,7H,4,6,8,13H2. The van der Waals surface area contributed by atoms with Crippen LogP contribution in [0.1, 0.15) is 11.1 Å². The molecule has 0 radical (unpaired) electrons. The normalized spacial score (nSPS) is 13.0. The Balaban J connectivity index is 1.80. The van der Waals surface area contributed by atoms with E-state index in [0.29, 0.717) is 19.9 Å². The van der Waals surface area contributed by atoms with Crippen molar-refractivity contribution in [2.75, 3.05) is 6.79 Å². The van der Waals surface area contributed by atoms with E-state index in [2.05, 4.69) is 5.10 Å². The van der Waals surface area contributed by atoms with Gasteiger partial charge in [0.2, 0.25) is 6.79 Å². The smallest absolute Gasteiger partial charge is 0.231 e. The van der Waals surface area contributed by atoms with E-state index in [1.54, 1.807) is 6.20 Å². The SMILES string of the molecule is NCc1cnn(Cc2ccc3c(c2)OCO3)c1. The number of rotatable bonds is 3. The van der Waals surface area contributed by atoms with E-state index in [1.807, 2.05) is 29.1 Å². The Morgan fingerprint density at radius 3 is 2.94 bits per heavy atom. The fraction of sp³-hybridized carbons (Fsp3) is 0.250. The largest absolute Gasteiger partial charge is 0.454 e. The van der Waals surface area contributed by atoms with Crippen LogP contribution in [0.3, 0.4) is 0 Å². The Morgan fingerprint density at radius 1 is 1.24 bits per heavy atom. The average molecular weight is 231 g/mol. The van der Waals surface area contributed by atoms with E-state index >= 15 is 0 Å². The molecule has 2 heterocycles. The summed E-state index contributed by atoms with van der Waals surface area (Å²) in [4.78, 5) is 0. The lowest BCUT2D eigenvalue weighted by molar-refractivity contribution is 0.174. The van der Waals surface area contributed by atoms with Gasteiger partial charge in [0.05, 0.1) is 12.7 Å². The number of hydrogen-bond donors (Lipinski definition) is 1. The van der Waals surface area contributed by atoms with Gasteiger partial charge in [0.1, 0.15) is 0 Å². The molecule has 5 nitrogen and oxygen atoms in total. The fourth-order valence-corrected chi connectivity index (χ4v) is 1.82. The molecule has 2 N–H and O–H groups in total. The molecule has 1 aliphatic heterocycles. The molecule has 1 aliphatic rings. The summed E-state index contributed by atoms with van der Waals surface area (Å²) in [5, 5.41) is 4.24. The van der Waals surface area contributed by atoms with Crippen LogP contribution in [0.25, 0.3) is 0 Å². The summed E-state index contributed by atoms with van der Waals surface area (Å²) < 4.78 is 12.5. The molecule has 0 bridgehead atoms. The molecule has 3 rings (SSSR count). The van der Waals surface area contributed by atoms with Crippen LogP contribution in [-0.4, -0.2) is 16.6 Å². The number of nitrogens with zero attached hydrogens (tertiary/aromatic N) is 2. The zero-order valence-electron chi connectivity index (χ0n) is 9.30. The summed E-state index contributed by atoms with van der Waals surface area (Å²) in [6, 6.07) is 5.91. The van der Waals surface area contributed by atoms with E-state index in [1.165, 1.54) is 0 Å². The molecule has 88 valence electrons. The third-order valence-corrected chi connectivity index (χ3v) is 2.70. The number of fused-ring (bicyclic) bond motifs is 1. The monoisotopic (exact) mass is 231 g/mol. The fourth-order valence-electron chi connectivity index (χ4n) is 1.82. The van der Waals surface area contributed by atoms with Gasteiger partial charge in [0, 0.05) is 18.3 Å². The molecular formula is C12H13N3O2. The summed E-state index contributed by atoms with van der Waals surface area (Å²) in [7, 11) is 0. The molecule has 0 atom stereocenters. The van der Waals surface area contributed by atoms with Crippen LogP contribution in [0.2, 0.25) is 0 Å². The van der Waals surface area contributed by atoms with Crippen LogP contribution in [0, 0.1) is 0 Å². The van der Waals surface area contributed by atoms with Gasteiger partial charge >= 0.3 is 0 Å². The third-order valence-electron chi connectivity index (χ3n) is 2.70. The van der Waals surface area contributed by atoms with E-state index in [0.717, 1.165) is 22.6 Å². The predicted octanol–water partition coefficient (Wildman–Crippen LogP) is 1.12. The van der Waals surface area contributed by atoms with Crippen molar-refractivity contribution in [2.24, 2.45) is 5.73 Å². The average Bonchev–Trinajstić information content (AvgIpc) is 2.96. The van der Waals surface area contributed by atoms with Crippen molar-refractivity contribution in [3.8, 4) is 11.5 Å². The van der Waals surface area contributed by atoms with Gasteiger partial charge in [0.15, 0.2) is 11.5 Å². The van der Waals surface area contributed by atoms with Crippen molar-refractivity contribution in [3.63, 3.8) is 0 Å². The molecule has 0 saturated carbocycles. The van der Waals surface area contributed by atoms with Crippen molar-refractivity contribution in [1.29, 1.82) is 0 Å². The van der Waals surface area contributed by atoms with Gasteiger partial charge in [-0.15, -0.1) is 0 Å². The van der Waals surface area contributed by atoms with Gasteiger partial charge in [-0.1, -0.05) is 6.07 Å². The zero-order chi connectivity index (χ0) is 11.7. The lowest BCUT2D eigenvalue weighted by Crippen LogP contribution is -2.00. The topological polar surface area (TPSA) is 62.3 Å². The molecular weight excluding hydrogens is 218 g/mol. The summed E-state index contributed by atoms with van der Waals surface area (Å²) >= 11 is 0. The highest BCUT2D eigenvalue weighted by Gasteiger charge is 2.13. The molecule has 0 amide bonds. The highest BCUT2D eigenvalue weighted by atomic mass is 16.7. The third kappa shape index (κ3) is 1.97. The molecule has 0 saturated heterocycles. The van der Waals surface area contributed by atoms with Gasteiger partial charge < -0.3 is 15.2 Å². The highest BCUT2D eigenvalue weighted by Crippen LogP contribution is 2.32. The summed E-state index contributed by atoms with van der Waals surface area (Å²) in [6.07, 6.45) is 3.73. The molecule has 5 heteroatoms. The van der Waals surface area contributed by atoms with E-state index in [4.69, 9.17) is 15.2 Å². The number of hydrogen-bond acceptors (Lipinski definition) is 4. The second kappa shape index (κ2) is 4.10. The number of benzene rings is 1. The van der Waals surface area contributed by atoms with Crippen LogP contribution in [0.15, 0.2) is 30.6 Å². The minimum absolute atomic E-state index is 0.303. The zero-order valence-corrected chi connectivity index (χ0v) is 9.30. The minimum Gasteiger partial charge on any atom is -0.454 e. The van der Waals surface area contributed by atoms with Gasteiger partial charge in [-0.2, -0.15) is 5.10 Å². The Bertz CT molecular complexity index is 536. The lowest BCUT2D eigenvalue weighted by Gasteiger charge is -2.03. The van der Waals surface area contributed by atoms with Crippen LogP contribution >= 0.6 is 0 Å². The van der Waals surface area contributed by atoms with Gasteiger partial charge in [-0.3, -0.25) is 4.68 Å². The minimum atomic E-state index is 0.303. The van der Waals surface area contributed by atoms with Gasteiger partial charge in [-0.25, -0.2) is 0 Å². The maximum atomic E-state index is 5.54. The summed E-state index contributed by atoms with van der Waals surface area (Å²) in [5.74, 6) is 1.60. The Labute approximate surface area is 98.8 Å². The molecule has 17 heavy (non-hydrogen) atoms. The van der Waals surface area contributed by atoms with Gasteiger partial charge in [0.25, 0.3) is 0 Å². The first-order valence-electron chi connectivity index (χ1n) is 5.45. The maximum Gasteiger partial charge on any atom is 0.231 e. The van der Waals surface area contributed by atoms with Crippen LogP contribution < -0.4 is 15.2 Å².